The van der Waals surface area contributed by atoms with Crippen molar-refractivity contribution in [2.75, 3.05) is 26.7 Å². The molecule has 2 aliphatic rings. The van der Waals surface area contributed by atoms with Crippen LogP contribution < -0.4 is 0 Å². The fourth-order valence-electron chi connectivity index (χ4n) is 3.09. The van der Waals surface area contributed by atoms with E-state index in [0.29, 0.717) is 12.0 Å². The number of amides is 1. The summed E-state index contributed by atoms with van der Waals surface area (Å²) in [5, 5.41) is 0. The molecule has 1 aliphatic heterocycles. The molecule has 108 valence electrons. The molecule has 2 rings (SSSR count). The highest BCUT2D eigenvalue weighted by molar-refractivity contribution is 5.95. The number of fused-ring (bicyclic) bond motifs is 1. The summed E-state index contributed by atoms with van der Waals surface area (Å²) in [6.07, 6.45) is 7.94. The van der Waals surface area contributed by atoms with E-state index in [-0.39, 0.29) is 5.91 Å². The second kappa shape index (κ2) is 6.56. The first-order valence-corrected chi connectivity index (χ1v) is 7.79. The van der Waals surface area contributed by atoms with Crippen LogP contribution in [0.4, 0.5) is 0 Å². The number of allylic oxidation sites excluding steroid dienone is 1. The minimum Gasteiger partial charge on any atom is -0.342 e. The molecule has 3 nitrogen and oxygen atoms in total. The largest absolute Gasteiger partial charge is 0.342 e. The molecule has 0 N–H and O–H groups in total. The lowest BCUT2D eigenvalue weighted by atomic mass is 9.80. The van der Waals surface area contributed by atoms with Crippen LogP contribution in [0.15, 0.2) is 11.6 Å². The summed E-state index contributed by atoms with van der Waals surface area (Å²) in [6.45, 7) is 7.83. The lowest BCUT2D eigenvalue weighted by Gasteiger charge is -2.33. The zero-order valence-corrected chi connectivity index (χ0v) is 12.7. The average Bonchev–Trinajstić information content (AvgIpc) is 2.33. The maximum absolute atomic E-state index is 12.2. The third-order valence-corrected chi connectivity index (χ3v) is 4.57. The van der Waals surface area contributed by atoms with Crippen molar-refractivity contribution in [1.29, 1.82) is 0 Å². The third-order valence-electron chi connectivity index (χ3n) is 4.57. The van der Waals surface area contributed by atoms with Gasteiger partial charge in [-0.05, 0) is 65.0 Å². The maximum Gasteiger partial charge on any atom is 0.249 e. The summed E-state index contributed by atoms with van der Waals surface area (Å²) in [5.74, 6) is 0.806. The number of likely N-dealkylation sites (N-methyl/N-ethyl adjacent to an activating group) is 1. The number of carbonyl (C=O) groups excluding carboxylic acids is 1. The van der Waals surface area contributed by atoms with Crippen LogP contribution in [0.1, 0.15) is 46.0 Å². The van der Waals surface area contributed by atoms with Crippen LogP contribution in [-0.4, -0.2) is 48.4 Å². The van der Waals surface area contributed by atoms with E-state index in [4.69, 9.17) is 0 Å². The lowest BCUT2D eigenvalue weighted by molar-refractivity contribution is -0.127. The number of nitrogens with zero attached hydrogens (tertiary/aromatic N) is 2. The number of carbonyl (C=O) groups is 1. The molecule has 19 heavy (non-hydrogen) atoms. The van der Waals surface area contributed by atoms with Crippen molar-refractivity contribution in [1.82, 2.24) is 9.80 Å². The molecule has 0 radical (unpaired) electrons. The van der Waals surface area contributed by atoms with E-state index in [1.165, 1.54) is 32.4 Å². The molecule has 0 spiro atoms. The van der Waals surface area contributed by atoms with Gasteiger partial charge >= 0.3 is 0 Å². The Balaban J connectivity index is 1.97. The van der Waals surface area contributed by atoms with Crippen molar-refractivity contribution >= 4 is 5.91 Å². The number of hydrogen-bond donors (Lipinski definition) is 0. The molecule has 0 aromatic carbocycles. The fourth-order valence-corrected chi connectivity index (χ4v) is 3.09. The minimum atomic E-state index is 0.275. The van der Waals surface area contributed by atoms with E-state index in [0.717, 1.165) is 25.0 Å². The molecular formula is C16H28N2O. The summed E-state index contributed by atoms with van der Waals surface area (Å²) in [6, 6.07) is 0.638. The van der Waals surface area contributed by atoms with E-state index in [1.807, 2.05) is 11.9 Å². The van der Waals surface area contributed by atoms with Gasteiger partial charge in [0.15, 0.2) is 0 Å². The highest BCUT2D eigenvalue weighted by Crippen LogP contribution is 2.32. The minimum absolute atomic E-state index is 0.275. The molecule has 1 amide bonds. The summed E-state index contributed by atoms with van der Waals surface area (Å²) >= 11 is 0. The van der Waals surface area contributed by atoms with Crippen LogP contribution in [0.5, 0.6) is 0 Å². The quantitative estimate of drug-likeness (QED) is 0.727. The first-order valence-electron chi connectivity index (χ1n) is 7.79. The van der Waals surface area contributed by atoms with Gasteiger partial charge in [-0.2, -0.15) is 0 Å². The fraction of sp³-hybridized carbons (Fsp3) is 0.812. The van der Waals surface area contributed by atoms with Gasteiger partial charge in [0, 0.05) is 25.2 Å². The van der Waals surface area contributed by atoms with Crippen molar-refractivity contribution in [2.24, 2.45) is 5.92 Å². The van der Waals surface area contributed by atoms with Crippen LogP contribution in [0, 0.1) is 5.92 Å². The Morgan fingerprint density at radius 1 is 1.16 bits per heavy atom. The topological polar surface area (TPSA) is 23.6 Å². The van der Waals surface area contributed by atoms with Gasteiger partial charge < -0.3 is 9.80 Å². The highest BCUT2D eigenvalue weighted by atomic mass is 16.2. The Morgan fingerprint density at radius 2 is 1.84 bits per heavy atom. The van der Waals surface area contributed by atoms with Gasteiger partial charge in [-0.3, -0.25) is 4.79 Å². The molecule has 0 saturated carbocycles. The monoisotopic (exact) mass is 264 g/mol. The zero-order chi connectivity index (χ0) is 13.8. The van der Waals surface area contributed by atoms with E-state index >= 15 is 0 Å². The van der Waals surface area contributed by atoms with Crippen LogP contribution in [0.25, 0.3) is 0 Å². The first-order chi connectivity index (χ1) is 9.09. The predicted molar refractivity (Wildman–Crippen MR) is 79.0 cm³/mol. The molecule has 1 heterocycles. The third kappa shape index (κ3) is 3.59. The van der Waals surface area contributed by atoms with Gasteiger partial charge in [0.2, 0.25) is 5.91 Å². The van der Waals surface area contributed by atoms with Gasteiger partial charge in [0.05, 0.1) is 0 Å². The van der Waals surface area contributed by atoms with Crippen molar-refractivity contribution in [3.8, 4) is 0 Å². The van der Waals surface area contributed by atoms with Gasteiger partial charge in [0.25, 0.3) is 0 Å². The summed E-state index contributed by atoms with van der Waals surface area (Å²) in [5.41, 5.74) is 1.08. The van der Waals surface area contributed by atoms with Crippen molar-refractivity contribution in [2.45, 2.75) is 52.0 Å². The van der Waals surface area contributed by atoms with Gasteiger partial charge in [-0.25, -0.2) is 0 Å². The van der Waals surface area contributed by atoms with Gasteiger partial charge in [-0.1, -0.05) is 6.08 Å². The van der Waals surface area contributed by atoms with E-state index < -0.39 is 0 Å². The Bertz CT molecular complexity index is 349. The molecule has 1 saturated heterocycles. The first kappa shape index (κ1) is 14.6. The molecular weight excluding hydrogens is 236 g/mol. The maximum atomic E-state index is 12.2. The van der Waals surface area contributed by atoms with Crippen LogP contribution in [-0.2, 0) is 4.79 Å². The molecule has 0 aromatic rings. The Hall–Kier alpha value is -0.830. The zero-order valence-electron chi connectivity index (χ0n) is 12.7. The van der Waals surface area contributed by atoms with Gasteiger partial charge in [0.1, 0.15) is 0 Å². The molecule has 1 atom stereocenters. The SMILES string of the molecule is CC(C)N1CCCCN(C)C(=O)C2=CCC2CCC1. The Labute approximate surface area is 117 Å². The predicted octanol–water partition coefficient (Wildman–Crippen LogP) is 2.68. The second-order valence-electron chi connectivity index (χ2n) is 6.30. The number of rotatable bonds is 1. The Morgan fingerprint density at radius 3 is 2.47 bits per heavy atom. The van der Waals surface area contributed by atoms with E-state index in [2.05, 4.69) is 24.8 Å². The lowest BCUT2D eigenvalue weighted by Crippen LogP contribution is -2.37. The smallest absolute Gasteiger partial charge is 0.249 e. The van der Waals surface area contributed by atoms with Crippen molar-refractivity contribution < 1.29 is 4.79 Å². The van der Waals surface area contributed by atoms with E-state index in [1.54, 1.807) is 0 Å². The van der Waals surface area contributed by atoms with E-state index in [9.17, 15) is 4.79 Å². The van der Waals surface area contributed by atoms with Crippen LogP contribution in [0.3, 0.4) is 0 Å². The standard InChI is InChI=1S/C16H28N2O/c1-13(2)18-11-5-4-10-17(3)16(19)15-9-8-14(15)7-6-12-18/h9,13-14H,4-8,10-12H2,1-3H3. The molecule has 0 aromatic heterocycles. The van der Waals surface area contributed by atoms with Gasteiger partial charge in [-0.15, -0.1) is 0 Å². The normalized spacial score (nSPS) is 27.2. The molecule has 3 heteroatoms. The molecule has 1 unspecified atom stereocenters. The molecule has 1 fully saturated rings. The summed E-state index contributed by atoms with van der Waals surface area (Å²) in [7, 11) is 1.95. The number of hydrogen-bond acceptors (Lipinski definition) is 2. The van der Waals surface area contributed by atoms with Crippen LogP contribution in [0.2, 0.25) is 0 Å². The van der Waals surface area contributed by atoms with Crippen LogP contribution >= 0.6 is 0 Å². The molecule has 0 bridgehead atoms. The molecule has 1 aliphatic carbocycles. The second-order valence-corrected chi connectivity index (χ2v) is 6.30. The van der Waals surface area contributed by atoms with Crippen molar-refractivity contribution in [3.05, 3.63) is 11.6 Å². The summed E-state index contributed by atoms with van der Waals surface area (Å²) in [4.78, 5) is 16.7. The highest BCUT2D eigenvalue weighted by Gasteiger charge is 2.29. The van der Waals surface area contributed by atoms with Crippen molar-refractivity contribution in [3.63, 3.8) is 0 Å². The average molecular weight is 264 g/mol. The summed E-state index contributed by atoms with van der Waals surface area (Å²) < 4.78 is 0. The Kier molecular flexibility index (Phi) is 5.03.